The minimum atomic E-state index is -0.530. The second-order valence-electron chi connectivity index (χ2n) is 5.50. The number of pyridine rings is 1. The summed E-state index contributed by atoms with van der Waals surface area (Å²) in [4.78, 5) is 27.9. The first-order valence-electron chi connectivity index (χ1n) is 7.34. The lowest BCUT2D eigenvalue weighted by Crippen LogP contribution is -2.18. The Morgan fingerprint density at radius 1 is 1.08 bits per heavy atom. The smallest absolute Gasteiger partial charge is 0.202 e. The SMILES string of the molecule is CC(=O)c1c(Nc2ccc(Cl)cc2Cl)[nH]c2c(NO)cc(Cl)cc2c1=O. The van der Waals surface area contributed by atoms with Crippen molar-refractivity contribution in [1.82, 2.24) is 4.98 Å². The second kappa shape index (κ2) is 7.17. The van der Waals surface area contributed by atoms with Gasteiger partial charge in [-0.05, 0) is 37.3 Å². The van der Waals surface area contributed by atoms with Crippen LogP contribution in [0.1, 0.15) is 17.3 Å². The first-order valence-corrected chi connectivity index (χ1v) is 8.48. The Hall–Kier alpha value is -2.25. The third-order valence-corrected chi connectivity index (χ3v) is 4.50. The lowest BCUT2D eigenvalue weighted by Gasteiger charge is -2.15. The van der Waals surface area contributed by atoms with E-state index >= 15 is 0 Å². The van der Waals surface area contributed by atoms with Gasteiger partial charge in [-0.15, -0.1) is 0 Å². The van der Waals surface area contributed by atoms with Gasteiger partial charge in [0.15, 0.2) is 5.78 Å². The molecule has 0 amide bonds. The standard InChI is InChI=1S/C17H12Cl3N3O3/c1-7(24)14-16(25)10-4-9(19)6-13(23-26)15(10)22-17(14)21-12-3-2-8(18)5-11(12)20/h2-6,23,26H,1H3,(H2,21,22,25). The maximum atomic E-state index is 12.8. The van der Waals surface area contributed by atoms with Crippen molar-refractivity contribution < 1.29 is 10.0 Å². The Kier molecular flexibility index (Phi) is 5.11. The van der Waals surface area contributed by atoms with Gasteiger partial charge >= 0.3 is 0 Å². The van der Waals surface area contributed by atoms with Gasteiger partial charge in [0.1, 0.15) is 11.4 Å². The molecule has 26 heavy (non-hydrogen) atoms. The normalized spacial score (nSPS) is 10.8. The van der Waals surface area contributed by atoms with E-state index in [2.05, 4.69) is 10.3 Å². The van der Waals surface area contributed by atoms with Crippen LogP contribution in [0.2, 0.25) is 15.1 Å². The van der Waals surface area contributed by atoms with Gasteiger partial charge in [0.25, 0.3) is 0 Å². The number of nitrogens with one attached hydrogen (secondary N) is 3. The molecule has 0 atom stereocenters. The van der Waals surface area contributed by atoms with Crippen LogP contribution >= 0.6 is 34.8 Å². The topological polar surface area (TPSA) is 94.2 Å². The van der Waals surface area contributed by atoms with Crippen LogP contribution in [0, 0.1) is 0 Å². The van der Waals surface area contributed by atoms with Gasteiger partial charge in [-0.1, -0.05) is 34.8 Å². The number of fused-ring (bicyclic) bond motifs is 1. The molecular weight excluding hydrogens is 401 g/mol. The highest BCUT2D eigenvalue weighted by Gasteiger charge is 2.19. The maximum Gasteiger partial charge on any atom is 0.202 e. The number of hydrogen-bond acceptors (Lipinski definition) is 5. The minimum absolute atomic E-state index is 0.0883. The van der Waals surface area contributed by atoms with Gasteiger partial charge in [0.05, 0.1) is 27.3 Å². The molecule has 134 valence electrons. The fraction of sp³-hybridized carbons (Fsp3) is 0.0588. The van der Waals surface area contributed by atoms with Crippen LogP contribution in [0.25, 0.3) is 10.9 Å². The summed E-state index contributed by atoms with van der Waals surface area (Å²) >= 11 is 18.0. The molecule has 3 rings (SSSR count). The predicted molar refractivity (Wildman–Crippen MR) is 105 cm³/mol. The van der Waals surface area contributed by atoms with E-state index in [4.69, 9.17) is 34.8 Å². The summed E-state index contributed by atoms with van der Waals surface area (Å²) in [7, 11) is 0. The number of halogens is 3. The van der Waals surface area contributed by atoms with E-state index in [0.717, 1.165) is 0 Å². The molecule has 0 fully saturated rings. The van der Waals surface area contributed by atoms with Gasteiger partial charge in [-0.3, -0.25) is 20.3 Å². The number of carbonyl (C=O) groups is 1. The maximum absolute atomic E-state index is 12.8. The monoisotopic (exact) mass is 411 g/mol. The Balaban J connectivity index is 2.30. The third kappa shape index (κ3) is 3.37. The zero-order valence-corrected chi connectivity index (χ0v) is 15.6. The molecule has 0 aliphatic rings. The van der Waals surface area contributed by atoms with E-state index in [1.165, 1.54) is 25.1 Å². The van der Waals surface area contributed by atoms with E-state index < -0.39 is 11.2 Å². The number of aromatic amines is 1. The van der Waals surface area contributed by atoms with Gasteiger partial charge < -0.3 is 10.3 Å². The fourth-order valence-electron chi connectivity index (χ4n) is 2.60. The van der Waals surface area contributed by atoms with Crippen LogP contribution in [-0.2, 0) is 0 Å². The molecule has 0 aliphatic heterocycles. The Morgan fingerprint density at radius 3 is 2.42 bits per heavy atom. The molecular formula is C17H12Cl3N3O3. The number of aromatic nitrogens is 1. The van der Waals surface area contributed by atoms with E-state index in [1.807, 2.05) is 5.48 Å². The van der Waals surface area contributed by atoms with Crippen molar-refractivity contribution in [2.24, 2.45) is 0 Å². The van der Waals surface area contributed by atoms with Gasteiger partial charge in [-0.25, -0.2) is 0 Å². The molecule has 2 aromatic carbocycles. The molecule has 0 saturated carbocycles. The molecule has 0 bridgehead atoms. The van der Waals surface area contributed by atoms with Crippen molar-refractivity contribution >= 4 is 68.7 Å². The first kappa shape index (κ1) is 18.5. The number of H-pyrrole nitrogens is 1. The lowest BCUT2D eigenvalue weighted by atomic mass is 10.1. The summed E-state index contributed by atoms with van der Waals surface area (Å²) in [6.45, 7) is 1.28. The zero-order chi connectivity index (χ0) is 19.0. The van der Waals surface area contributed by atoms with Gasteiger partial charge in [-0.2, -0.15) is 0 Å². The molecule has 0 spiro atoms. The highest BCUT2D eigenvalue weighted by molar-refractivity contribution is 6.36. The van der Waals surface area contributed by atoms with Crippen molar-refractivity contribution in [3.8, 4) is 0 Å². The summed E-state index contributed by atoms with van der Waals surface area (Å²) in [5, 5.41) is 13.4. The average Bonchev–Trinajstić information content (AvgIpc) is 2.57. The van der Waals surface area contributed by atoms with Crippen molar-refractivity contribution in [3.63, 3.8) is 0 Å². The molecule has 3 aromatic rings. The summed E-state index contributed by atoms with van der Waals surface area (Å²) in [6, 6.07) is 7.61. The van der Waals surface area contributed by atoms with Crippen LogP contribution in [0.5, 0.6) is 0 Å². The van der Waals surface area contributed by atoms with Crippen LogP contribution in [0.3, 0.4) is 0 Å². The van der Waals surface area contributed by atoms with Crippen molar-refractivity contribution in [1.29, 1.82) is 0 Å². The summed E-state index contributed by atoms with van der Waals surface area (Å²) in [5.41, 5.74) is 2.28. The number of anilines is 3. The summed E-state index contributed by atoms with van der Waals surface area (Å²) < 4.78 is 0. The van der Waals surface area contributed by atoms with Crippen LogP contribution in [0.15, 0.2) is 35.1 Å². The molecule has 6 nitrogen and oxygen atoms in total. The van der Waals surface area contributed by atoms with Gasteiger partial charge in [0, 0.05) is 10.0 Å². The Morgan fingerprint density at radius 2 is 1.81 bits per heavy atom. The van der Waals surface area contributed by atoms with E-state index in [-0.39, 0.29) is 33.0 Å². The third-order valence-electron chi connectivity index (χ3n) is 3.74. The predicted octanol–water partition coefficient (Wildman–Crippen LogP) is 5.24. The fourth-order valence-corrected chi connectivity index (χ4v) is 3.27. The molecule has 1 heterocycles. The van der Waals surface area contributed by atoms with E-state index in [1.54, 1.807) is 12.1 Å². The number of carbonyl (C=O) groups excluding carboxylic acids is 1. The number of rotatable bonds is 4. The molecule has 4 N–H and O–H groups in total. The zero-order valence-electron chi connectivity index (χ0n) is 13.3. The molecule has 0 aliphatic carbocycles. The highest BCUT2D eigenvalue weighted by atomic mass is 35.5. The molecule has 0 radical (unpaired) electrons. The number of ketones is 1. The molecule has 0 saturated heterocycles. The molecule has 1 aromatic heterocycles. The number of benzene rings is 2. The minimum Gasteiger partial charge on any atom is -0.340 e. The Bertz CT molecular complexity index is 1100. The molecule has 0 unspecified atom stereocenters. The first-order chi connectivity index (χ1) is 12.3. The summed E-state index contributed by atoms with van der Waals surface area (Å²) in [6.07, 6.45) is 0. The van der Waals surface area contributed by atoms with Crippen molar-refractivity contribution in [2.45, 2.75) is 6.92 Å². The largest absolute Gasteiger partial charge is 0.340 e. The molecule has 9 heteroatoms. The van der Waals surface area contributed by atoms with Crippen molar-refractivity contribution in [2.75, 3.05) is 10.8 Å². The number of hydrogen-bond donors (Lipinski definition) is 4. The second-order valence-corrected chi connectivity index (χ2v) is 6.78. The van der Waals surface area contributed by atoms with Crippen LogP contribution < -0.4 is 16.2 Å². The Labute approximate surface area is 162 Å². The van der Waals surface area contributed by atoms with E-state index in [9.17, 15) is 14.8 Å². The quantitative estimate of drug-likeness (QED) is 0.347. The van der Waals surface area contributed by atoms with Crippen molar-refractivity contribution in [3.05, 3.63) is 61.2 Å². The highest BCUT2D eigenvalue weighted by Crippen LogP contribution is 2.31. The summed E-state index contributed by atoms with van der Waals surface area (Å²) in [5.74, 6) is -0.308. The average molecular weight is 413 g/mol. The van der Waals surface area contributed by atoms with Crippen LogP contribution in [-0.4, -0.2) is 16.0 Å². The van der Waals surface area contributed by atoms with Crippen LogP contribution in [0.4, 0.5) is 17.2 Å². The lowest BCUT2D eigenvalue weighted by molar-refractivity contribution is 0.101. The van der Waals surface area contributed by atoms with E-state index in [0.29, 0.717) is 15.7 Å². The number of Topliss-reactive ketones (excluding diaryl/α,β-unsaturated/α-hetero) is 1. The van der Waals surface area contributed by atoms with Gasteiger partial charge in [0.2, 0.25) is 5.43 Å².